The summed E-state index contributed by atoms with van der Waals surface area (Å²) in [6.07, 6.45) is 1.14. The molecule has 0 aliphatic heterocycles. The van der Waals surface area contributed by atoms with Crippen molar-refractivity contribution in [1.29, 1.82) is 0 Å². The van der Waals surface area contributed by atoms with E-state index in [0.29, 0.717) is 16.8 Å². The number of hydrogen-bond donors (Lipinski definition) is 1. The lowest BCUT2D eigenvalue weighted by Gasteiger charge is -2.29. The molecule has 188 valence electrons. The summed E-state index contributed by atoms with van der Waals surface area (Å²) >= 11 is 0. The van der Waals surface area contributed by atoms with Crippen LogP contribution < -0.4 is 33.4 Å². The van der Waals surface area contributed by atoms with E-state index in [1.165, 1.54) is 18.3 Å². The number of carbonyl (C=O) groups excluding carboxylic acids is 1. The number of aromatic nitrogens is 1. The van der Waals surface area contributed by atoms with Gasteiger partial charge >= 0.3 is 5.97 Å². The van der Waals surface area contributed by atoms with Crippen molar-refractivity contribution in [1.82, 2.24) is 9.71 Å². The van der Waals surface area contributed by atoms with E-state index in [1.54, 1.807) is 12.1 Å². The van der Waals surface area contributed by atoms with E-state index in [1.807, 2.05) is 69.7 Å². The first kappa shape index (κ1) is 28.7. The summed E-state index contributed by atoms with van der Waals surface area (Å²) < 4.78 is 40.1. The summed E-state index contributed by atoms with van der Waals surface area (Å²) in [5.41, 5.74) is 0.864. The molecule has 10 heteroatoms. The van der Waals surface area contributed by atoms with Crippen LogP contribution in [0.2, 0.25) is 0 Å². The number of nitrogens with zero attached hydrogens (tertiary/aromatic N) is 2. The van der Waals surface area contributed by atoms with Gasteiger partial charge in [0, 0.05) is 6.07 Å². The molecule has 8 nitrogen and oxygen atoms in total. The lowest BCUT2D eigenvalue weighted by Crippen LogP contribution is -3.00. The number of esters is 1. The number of pyridine rings is 1. The smallest absolute Gasteiger partial charge is 0.307 e. The Balaban J connectivity index is 0.00000432. The summed E-state index contributed by atoms with van der Waals surface area (Å²) in [5.74, 6) is 0.396. The van der Waals surface area contributed by atoms with Gasteiger partial charge in [-0.3, -0.25) is 4.79 Å². The van der Waals surface area contributed by atoms with Crippen molar-refractivity contribution < 1.29 is 51.1 Å². The minimum atomic E-state index is -3.92. The minimum Gasteiger partial charge on any atom is -1.00 e. The molecule has 1 N–H and O–H groups in total. The van der Waals surface area contributed by atoms with Crippen LogP contribution in [0.15, 0.2) is 83.9 Å². The molecule has 0 spiro atoms. The van der Waals surface area contributed by atoms with E-state index in [9.17, 15) is 13.2 Å². The number of sulfonamides is 1. The quantitative estimate of drug-likeness (QED) is 0.191. The van der Waals surface area contributed by atoms with Gasteiger partial charge in [-0.05, 0) is 23.8 Å². The molecule has 0 amide bonds. The van der Waals surface area contributed by atoms with Gasteiger partial charge in [0.1, 0.15) is 17.3 Å². The molecule has 0 unspecified atom stereocenters. The Hall–Kier alpha value is -2.54. The van der Waals surface area contributed by atoms with Gasteiger partial charge in [-0.1, -0.05) is 48.5 Å². The topological polar surface area (TPSA) is 94.6 Å². The molecule has 3 aromatic rings. The fourth-order valence-electron chi connectivity index (χ4n) is 3.29. The van der Waals surface area contributed by atoms with Gasteiger partial charge in [-0.15, -0.1) is 0 Å². The standard InChI is InChI=1S/C25H30N3O5S.HI/c1-28(2,3)18-21(16-25(29)32-19-20-10-6-4-7-11-20)27-34(30,31)23-14-15-24(26-17-23)33-22-12-8-5-9-13-22;/h4-15,17,21,27H,16,18-19H2,1-3H3;1H/q+1;/p-1/t21-;/m1./s1. The van der Waals surface area contributed by atoms with Gasteiger partial charge < -0.3 is 37.9 Å². The maximum Gasteiger partial charge on any atom is 0.307 e. The Labute approximate surface area is 223 Å². The predicted molar refractivity (Wildman–Crippen MR) is 129 cm³/mol. The van der Waals surface area contributed by atoms with Gasteiger partial charge in [-0.25, -0.2) is 18.1 Å². The fourth-order valence-corrected chi connectivity index (χ4v) is 4.46. The van der Waals surface area contributed by atoms with Crippen molar-refractivity contribution in [2.45, 2.75) is 24.0 Å². The van der Waals surface area contributed by atoms with Crippen LogP contribution in [0.25, 0.3) is 0 Å². The molecule has 0 bridgehead atoms. The number of nitrogens with one attached hydrogen (secondary N) is 1. The number of halogens is 1. The SMILES string of the molecule is C[N+](C)(C)C[C@@H](CC(=O)OCc1ccccc1)NS(=O)(=O)c1ccc(Oc2ccccc2)nc1.[I-]. The Morgan fingerprint density at radius 3 is 2.17 bits per heavy atom. The molecule has 35 heavy (non-hydrogen) atoms. The first-order chi connectivity index (χ1) is 16.1. The van der Waals surface area contributed by atoms with Crippen molar-refractivity contribution in [2.75, 3.05) is 27.7 Å². The van der Waals surface area contributed by atoms with E-state index < -0.39 is 22.0 Å². The Bertz CT molecular complexity index is 1170. The minimum absolute atomic E-state index is 0. The first-order valence-corrected chi connectivity index (χ1v) is 12.3. The van der Waals surface area contributed by atoms with Crippen LogP contribution in [0.3, 0.4) is 0 Å². The van der Waals surface area contributed by atoms with E-state index >= 15 is 0 Å². The third-order valence-corrected chi connectivity index (χ3v) is 6.24. The van der Waals surface area contributed by atoms with E-state index in [-0.39, 0.29) is 47.8 Å². The molecule has 1 atom stereocenters. The summed E-state index contributed by atoms with van der Waals surface area (Å²) in [6, 6.07) is 20.7. The predicted octanol–water partition coefficient (Wildman–Crippen LogP) is 0.365. The van der Waals surface area contributed by atoms with Crippen molar-refractivity contribution in [2.24, 2.45) is 0 Å². The summed E-state index contributed by atoms with van der Waals surface area (Å²) in [7, 11) is 1.85. The number of likely N-dealkylation sites (N-methyl/N-ethyl adjacent to an activating group) is 1. The van der Waals surface area contributed by atoms with Gasteiger partial charge in [-0.2, -0.15) is 0 Å². The average Bonchev–Trinajstić information content (AvgIpc) is 2.78. The lowest BCUT2D eigenvalue weighted by molar-refractivity contribution is -0.871. The molecule has 1 aromatic heterocycles. The van der Waals surface area contributed by atoms with Gasteiger partial charge in [0.05, 0.1) is 46.3 Å². The second-order valence-electron chi connectivity index (χ2n) is 8.89. The third-order valence-electron chi connectivity index (χ3n) is 4.73. The summed E-state index contributed by atoms with van der Waals surface area (Å²) in [5, 5.41) is 0. The molecule has 0 fully saturated rings. The van der Waals surface area contributed by atoms with Crippen molar-refractivity contribution in [3.63, 3.8) is 0 Å². The second-order valence-corrected chi connectivity index (χ2v) is 10.6. The van der Waals surface area contributed by atoms with Crippen molar-refractivity contribution in [3.8, 4) is 11.6 Å². The number of ether oxygens (including phenoxy) is 2. The molecule has 3 rings (SSSR count). The number of benzene rings is 2. The average molecular weight is 612 g/mol. The molecule has 0 saturated carbocycles. The maximum absolute atomic E-state index is 13.0. The fraction of sp³-hybridized carbons (Fsp3) is 0.280. The largest absolute Gasteiger partial charge is 1.00 e. The first-order valence-electron chi connectivity index (χ1n) is 10.8. The van der Waals surface area contributed by atoms with E-state index in [2.05, 4.69) is 9.71 Å². The molecule has 2 aromatic carbocycles. The number of rotatable bonds is 11. The zero-order chi connectivity index (χ0) is 24.6. The van der Waals surface area contributed by atoms with Crippen LogP contribution in [0.5, 0.6) is 11.6 Å². The summed E-state index contributed by atoms with van der Waals surface area (Å²) in [4.78, 5) is 16.6. The van der Waals surface area contributed by atoms with Crippen LogP contribution in [0.1, 0.15) is 12.0 Å². The molecule has 0 saturated heterocycles. The second kappa shape index (κ2) is 13.0. The molecular weight excluding hydrogens is 581 g/mol. The zero-order valence-corrected chi connectivity index (χ0v) is 22.9. The Kier molecular flexibility index (Phi) is 10.6. The zero-order valence-electron chi connectivity index (χ0n) is 19.9. The normalized spacial score (nSPS) is 12.3. The van der Waals surface area contributed by atoms with Crippen LogP contribution in [0.4, 0.5) is 0 Å². The maximum atomic E-state index is 13.0. The van der Waals surface area contributed by atoms with E-state index in [0.717, 1.165) is 5.56 Å². The molecule has 1 heterocycles. The van der Waals surface area contributed by atoms with Gasteiger partial charge in [0.15, 0.2) is 0 Å². The highest BCUT2D eigenvalue weighted by molar-refractivity contribution is 7.89. The monoisotopic (exact) mass is 611 g/mol. The lowest BCUT2D eigenvalue weighted by atomic mass is 10.2. The van der Waals surface area contributed by atoms with Crippen LogP contribution in [-0.2, 0) is 26.2 Å². The highest BCUT2D eigenvalue weighted by atomic mass is 127. The molecule has 0 aliphatic rings. The van der Waals surface area contributed by atoms with E-state index in [4.69, 9.17) is 9.47 Å². The molecule has 0 radical (unpaired) electrons. The Morgan fingerprint density at radius 2 is 1.60 bits per heavy atom. The number of carbonyl (C=O) groups is 1. The Morgan fingerprint density at radius 1 is 0.971 bits per heavy atom. The van der Waals surface area contributed by atoms with Gasteiger partial charge in [0.25, 0.3) is 0 Å². The molecule has 0 aliphatic carbocycles. The van der Waals surface area contributed by atoms with Crippen LogP contribution in [0, 0.1) is 0 Å². The summed E-state index contributed by atoms with van der Waals surface area (Å²) in [6.45, 7) is 0.526. The highest BCUT2D eigenvalue weighted by Crippen LogP contribution is 2.20. The van der Waals surface area contributed by atoms with Crippen molar-refractivity contribution in [3.05, 3.63) is 84.6 Å². The van der Waals surface area contributed by atoms with Crippen molar-refractivity contribution >= 4 is 16.0 Å². The number of para-hydroxylation sites is 1. The van der Waals surface area contributed by atoms with Crippen LogP contribution in [-0.4, -0.2) is 57.6 Å². The molecular formula is C25H30IN3O5S. The third kappa shape index (κ3) is 9.92. The van der Waals surface area contributed by atoms with Crippen LogP contribution >= 0.6 is 0 Å². The number of quaternary nitrogens is 1. The number of hydrogen-bond acceptors (Lipinski definition) is 6. The highest BCUT2D eigenvalue weighted by Gasteiger charge is 2.28. The van der Waals surface area contributed by atoms with Gasteiger partial charge in [0.2, 0.25) is 15.9 Å².